The van der Waals surface area contributed by atoms with E-state index in [0.29, 0.717) is 5.89 Å². The lowest BCUT2D eigenvalue weighted by molar-refractivity contribution is 0.414. The van der Waals surface area contributed by atoms with Gasteiger partial charge in [0.1, 0.15) is 5.75 Å². The molecule has 1 aliphatic heterocycles. The van der Waals surface area contributed by atoms with Crippen LogP contribution in [-0.2, 0) is 0 Å². The highest BCUT2D eigenvalue weighted by Gasteiger charge is 2.15. The molecule has 0 amide bonds. The standard InChI is InChI=1S/C15H19N3O2/c1-11-17-10-15(20-11)13-4-3-12(9-14(13)19-2)18-7-5-16-6-8-18/h3-4,9-10,16H,5-8H2,1-2H3. The third-order valence-electron chi connectivity index (χ3n) is 3.55. The number of rotatable bonds is 3. The van der Waals surface area contributed by atoms with Crippen molar-refractivity contribution in [1.29, 1.82) is 0 Å². The van der Waals surface area contributed by atoms with Crippen molar-refractivity contribution in [1.82, 2.24) is 10.3 Å². The predicted octanol–water partition coefficient (Wildman–Crippen LogP) is 2.07. The van der Waals surface area contributed by atoms with Crippen LogP contribution in [0.3, 0.4) is 0 Å². The highest BCUT2D eigenvalue weighted by atomic mass is 16.5. The topological polar surface area (TPSA) is 50.5 Å². The Labute approximate surface area is 118 Å². The minimum atomic E-state index is 0.660. The first kappa shape index (κ1) is 13.0. The lowest BCUT2D eigenvalue weighted by Gasteiger charge is -2.29. The number of aromatic nitrogens is 1. The van der Waals surface area contributed by atoms with Gasteiger partial charge in [-0.25, -0.2) is 4.98 Å². The van der Waals surface area contributed by atoms with Crippen molar-refractivity contribution < 1.29 is 9.15 Å². The Morgan fingerprint density at radius 2 is 2.10 bits per heavy atom. The average molecular weight is 273 g/mol. The Balaban J connectivity index is 1.93. The molecule has 20 heavy (non-hydrogen) atoms. The Hall–Kier alpha value is -2.01. The second kappa shape index (κ2) is 5.54. The highest BCUT2D eigenvalue weighted by molar-refractivity contribution is 5.70. The molecular formula is C15H19N3O2. The van der Waals surface area contributed by atoms with Crippen LogP contribution < -0.4 is 15.0 Å². The van der Waals surface area contributed by atoms with Crippen LogP contribution in [0.15, 0.2) is 28.8 Å². The van der Waals surface area contributed by atoms with Crippen molar-refractivity contribution in [3.05, 3.63) is 30.3 Å². The van der Waals surface area contributed by atoms with Crippen LogP contribution in [0.5, 0.6) is 5.75 Å². The van der Waals surface area contributed by atoms with E-state index in [1.807, 2.05) is 13.0 Å². The molecule has 1 fully saturated rings. The maximum absolute atomic E-state index is 5.58. The molecule has 1 saturated heterocycles. The molecular weight excluding hydrogens is 254 g/mol. The summed E-state index contributed by atoms with van der Waals surface area (Å²) in [5, 5.41) is 3.36. The molecule has 0 radical (unpaired) electrons. The summed E-state index contributed by atoms with van der Waals surface area (Å²) in [6, 6.07) is 6.22. The van der Waals surface area contributed by atoms with Crippen LogP contribution in [0.4, 0.5) is 5.69 Å². The van der Waals surface area contributed by atoms with Gasteiger partial charge < -0.3 is 19.4 Å². The molecule has 0 unspecified atom stereocenters. The molecule has 1 aliphatic rings. The second-order valence-electron chi connectivity index (χ2n) is 4.87. The number of hydrogen-bond acceptors (Lipinski definition) is 5. The molecule has 1 aromatic heterocycles. The van der Waals surface area contributed by atoms with Crippen molar-refractivity contribution in [2.24, 2.45) is 0 Å². The van der Waals surface area contributed by atoms with Gasteiger partial charge in [-0.15, -0.1) is 0 Å². The number of piperazine rings is 1. The van der Waals surface area contributed by atoms with E-state index in [-0.39, 0.29) is 0 Å². The van der Waals surface area contributed by atoms with E-state index in [9.17, 15) is 0 Å². The third-order valence-corrected chi connectivity index (χ3v) is 3.55. The van der Waals surface area contributed by atoms with Gasteiger partial charge in [-0.1, -0.05) is 0 Å². The molecule has 3 rings (SSSR count). The molecule has 0 aliphatic carbocycles. The quantitative estimate of drug-likeness (QED) is 0.927. The zero-order valence-corrected chi connectivity index (χ0v) is 11.8. The van der Waals surface area contributed by atoms with E-state index in [4.69, 9.17) is 9.15 Å². The number of nitrogens with one attached hydrogen (secondary N) is 1. The van der Waals surface area contributed by atoms with E-state index in [1.54, 1.807) is 13.3 Å². The van der Waals surface area contributed by atoms with E-state index < -0.39 is 0 Å². The summed E-state index contributed by atoms with van der Waals surface area (Å²) in [5.74, 6) is 2.22. The van der Waals surface area contributed by atoms with E-state index in [0.717, 1.165) is 43.3 Å². The van der Waals surface area contributed by atoms with Crippen LogP contribution in [0.2, 0.25) is 0 Å². The summed E-state index contributed by atoms with van der Waals surface area (Å²) in [4.78, 5) is 6.50. The number of benzene rings is 1. The van der Waals surface area contributed by atoms with Crippen molar-refractivity contribution in [2.75, 3.05) is 38.2 Å². The van der Waals surface area contributed by atoms with Gasteiger partial charge in [-0.3, -0.25) is 0 Å². The van der Waals surface area contributed by atoms with Crippen LogP contribution in [0, 0.1) is 6.92 Å². The smallest absolute Gasteiger partial charge is 0.191 e. The van der Waals surface area contributed by atoms with E-state index >= 15 is 0 Å². The minimum absolute atomic E-state index is 0.660. The highest BCUT2D eigenvalue weighted by Crippen LogP contribution is 2.34. The van der Waals surface area contributed by atoms with Gasteiger partial charge in [0.05, 0.1) is 18.9 Å². The molecule has 2 heterocycles. The van der Waals surface area contributed by atoms with Gasteiger partial charge in [0.2, 0.25) is 0 Å². The van der Waals surface area contributed by atoms with E-state index in [2.05, 4.69) is 27.3 Å². The minimum Gasteiger partial charge on any atom is -0.496 e. The van der Waals surface area contributed by atoms with Crippen molar-refractivity contribution in [2.45, 2.75) is 6.92 Å². The molecule has 1 aromatic carbocycles. The first-order valence-corrected chi connectivity index (χ1v) is 6.84. The Morgan fingerprint density at radius 1 is 1.30 bits per heavy atom. The van der Waals surface area contributed by atoms with Crippen LogP contribution in [-0.4, -0.2) is 38.3 Å². The van der Waals surface area contributed by atoms with Crippen molar-refractivity contribution >= 4 is 5.69 Å². The lowest BCUT2D eigenvalue weighted by Crippen LogP contribution is -2.43. The number of nitrogens with zero attached hydrogens (tertiary/aromatic N) is 2. The van der Waals surface area contributed by atoms with Gasteiger partial charge in [0, 0.05) is 44.9 Å². The first-order chi connectivity index (χ1) is 9.78. The summed E-state index contributed by atoms with van der Waals surface area (Å²) in [6.07, 6.45) is 1.73. The summed E-state index contributed by atoms with van der Waals surface area (Å²) < 4.78 is 11.1. The molecule has 5 heteroatoms. The monoisotopic (exact) mass is 273 g/mol. The number of oxazole rings is 1. The maximum Gasteiger partial charge on any atom is 0.191 e. The summed E-state index contributed by atoms with van der Waals surface area (Å²) in [7, 11) is 1.68. The molecule has 2 aromatic rings. The fraction of sp³-hybridized carbons (Fsp3) is 0.400. The summed E-state index contributed by atoms with van der Waals surface area (Å²) in [5.41, 5.74) is 2.12. The molecule has 0 atom stereocenters. The number of ether oxygens (including phenoxy) is 1. The Morgan fingerprint density at radius 3 is 2.75 bits per heavy atom. The fourth-order valence-corrected chi connectivity index (χ4v) is 2.49. The van der Waals surface area contributed by atoms with Crippen LogP contribution in [0.1, 0.15) is 5.89 Å². The molecule has 106 valence electrons. The van der Waals surface area contributed by atoms with Gasteiger partial charge in [0.25, 0.3) is 0 Å². The maximum atomic E-state index is 5.58. The zero-order chi connectivity index (χ0) is 13.9. The lowest BCUT2D eigenvalue weighted by atomic mass is 10.1. The largest absolute Gasteiger partial charge is 0.496 e. The summed E-state index contributed by atoms with van der Waals surface area (Å²) >= 11 is 0. The van der Waals surface area contributed by atoms with Crippen molar-refractivity contribution in [3.8, 4) is 17.1 Å². The fourth-order valence-electron chi connectivity index (χ4n) is 2.49. The molecule has 0 spiro atoms. The van der Waals surface area contributed by atoms with Gasteiger partial charge in [0.15, 0.2) is 11.7 Å². The number of aryl methyl sites for hydroxylation is 1. The van der Waals surface area contributed by atoms with Crippen molar-refractivity contribution in [3.63, 3.8) is 0 Å². The van der Waals surface area contributed by atoms with Crippen LogP contribution in [0.25, 0.3) is 11.3 Å². The van der Waals surface area contributed by atoms with Crippen LogP contribution >= 0.6 is 0 Å². The third kappa shape index (κ3) is 2.49. The number of hydrogen-bond donors (Lipinski definition) is 1. The normalized spacial score (nSPS) is 15.4. The average Bonchev–Trinajstić information content (AvgIpc) is 2.94. The Bertz CT molecular complexity index is 589. The molecule has 0 saturated carbocycles. The second-order valence-corrected chi connectivity index (χ2v) is 4.87. The first-order valence-electron chi connectivity index (χ1n) is 6.84. The van der Waals surface area contributed by atoms with Gasteiger partial charge in [-0.2, -0.15) is 0 Å². The summed E-state index contributed by atoms with van der Waals surface area (Å²) in [6.45, 7) is 5.91. The number of anilines is 1. The molecule has 1 N–H and O–H groups in total. The Kier molecular flexibility index (Phi) is 3.60. The molecule has 5 nitrogen and oxygen atoms in total. The molecule has 0 bridgehead atoms. The predicted molar refractivity (Wildman–Crippen MR) is 78.3 cm³/mol. The number of methoxy groups -OCH3 is 1. The zero-order valence-electron chi connectivity index (χ0n) is 11.8. The van der Waals surface area contributed by atoms with E-state index in [1.165, 1.54) is 5.69 Å². The van der Waals surface area contributed by atoms with Gasteiger partial charge in [-0.05, 0) is 12.1 Å². The van der Waals surface area contributed by atoms with Gasteiger partial charge >= 0.3 is 0 Å². The SMILES string of the molecule is COc1cc(N2CCNCC2)ccc1-c1cnc(C)o1.